The van der Waals surface area contributed by atoms with Crippen molar-refractivity contribution in [3.63, 3.8) is 0 Å². The molecule has 0 amide bonds. The van der Waals surface area contributed by atoms with Crippen molar-refractivity contribution >= 4 is 11.8 Å². The third-order valence-corrected chi connectivity index (χ3v) is 13.3. The summed E-state index contributed by atoms with van der Waals surface area (Å²) in [4.78, 5) is 25.2. The van der Waals surface area contributed by atoms with Crippen molar-refractivity contribution in [2.45, 2.75) is 124 Å². The average molecular weight is 487 g/mol. The van der Waals surface area contributed by atoms with Crippen LogP contribution in [0.4, 0.5) is 0 Å². The molecule has 196 valence electrons. The number of fused-ring (bicyclic) bond motifs is 6. The number of carboxylic acid groups (broad SMARTS) is 1. The van der Waals surface area contributed by atoms with Crippen LogP contribution in [-0.2, 0) is 9.59 Å². The lowest BCUT2D eigenvalue weighted by Crippen LogP contribution is -2.75. The molecular weight excluding hydrogens is 440 g/mol. The highest BCUT2D eigenvalue weighted by Crippen LogP contribution is 2.76. The van der Waals surface area contributed by atoms with Gasteiger partial charge in [-0.15, -0.1) is 0 Å². The van der Waals surface area contributed by atoms with Crippen LogP contribution in [-0.4, -0.2) is 38.8 Å². The van der Waals surface area contributed by atoms with E-state index in [9.17, 15) is 24.9 Å². The van der Waals surface area contributed by atoms with Crippen LogP contribution < -0.4 is 0 Å². The summed E-state index contributed by atoms with van der Waals surface area (Å²) in [6.07, 6.45) is 6.14. The van der Waals surface area contributed by atoms with Gasteiger partial charge in [-0.05, 0) is 86.9 Å². The molecule has 3 fully saturated rings. The van der Waals surface area contributed by atoms with Gasteiger partial charge in [-0.1, -0.05) is 52.7 Å². The summed E-state index contributed by atoms with van der Waals surface area (Å²) in [6.45, 7) is 14.8. The van der Waals surface area contributed by atoms with Crippen LogP contribution in [0.15, 0.2) is 11.1 Å². The minimum Gasteiger partial charge on any atom is -0.481 e. The van der Waals surface area contributed by atoms with E-state index in [-0.39, 0.29) is 23.2 Å². The normalized spacial score (nSPS) is 53.2. The van der Waals surface area contributed by atoms with Crippen LogP contribution in [0.25, 0.3) is 0 Å². The Morgan fingerprint density at radius 3 is 2.14 bits per heavy atom. The van der Waals surface area contributed by atoms with Crippen LogP contribution in [0.3, 0.4) is 0 Å². The van der Waals surface area contributed by atoms with Gasteiger partial charge in [-0.3, -0.25) is 9.59 Å². The fourth-order valence-corrected chi connectivity index (χ4v) is 10.3. The summed E-state index contributed by atoms with van der Waals surface area (Å²) < 4.78 is 0. The Morgan fingerprint density at radius 2 is 1.51 bits per heavy atom. The number of hydrogen-bond acceptors (Lipinski definition) is 4. The van der Waals surface area contributed by atoms with E-state index in [1.54, 1.807) is 6.92 Å². The quantitative estimate of drug-likeness (QED) is 0.415. The summed E-state index contributed by atoms with van der Waals surface area (Å²) in [5.74, 6) is -0.234. The van der Waals surface area contributed by atoms with Crippen molar-refractivity contribution in [3.05, 3.63) is 11.1 Å². The highest BCUT2D eigenvalue weighted by Gasteiger charge is 2.75. The molecule has 3 N–H and O–H groups in total. The molecule has 0 bridgehead atoms. The van der Waals surface area contributed by atoms with Gasteiger partial charge in [0.1, 0.15) is 5.78 Å². The Bertz CT molecular complexity index is 1030. The summed E-state index contributed by atoms with van der Waals surface area (Å²) in [5.41, 5.74) is -1.71. The second kappa shape index (κ2) is 7.01. The number of ketones is 1. The standard InChI is InChI=1S/C30H46O5/c1-24(2)20-9-8-18-19(27(20,5)11-10-21(24)31)16-22(32)29(7)28(18,6)15-14-26(4)13-12-25(3,23(33)34)17-30(26,29)35/h20,22,32,35H,8-17H2,1-7H3,(H,33,34). The number of aliphatic hydroxyl groups is 2. The van der Waals surface area contributed by atoms with E-state index < -0.39 is 39.3 Å². The van der Waals surface area contributed by atoms with Gasteiger partial charge < -0.3 is 15.3 Å². The van der Waals surface area contributed by atoms with Gasteiger partial charge in [0.05, 0.1) is 17.1 Å². The van der Waals surface area contributed by atoms with E-state index in [4.69, 9.17) is 0 Å². The lowest BCUT2D eigenvalue weighted by Gasteiger charge is -2.73. The van der Waals surface area contributed by atoms with Gasteiger partial charge >= 0.3 is 5.97 Å². The first-order chi connectivity index (χ1) is 15.9. The maximum Gasteiger partial charge on any atom is 0.309 e. The predicted molar refractivity (Wildman–Crippen MR) is 135 cm³/mol. The number of hydrogen-bond donors (Lipinski definition) is 3. The predicted octanol–water partition coefficient (Wildman–Crippen LogP) is 5.67. The van der Waals surface area contributed by atoms with Gasteiger partial charge in [-0.25, -0.2) is 0 Å². The number of allylic oxidation sites excluding steroid dienone is 1. The topological polar surface area (TPSA) is 94.8 Å². The molecule has 8 atom stereocenters. The van der Waals surface area contributed by atoms with Crippen molar-refractivity contribution in [1.29, 1.82) is 0 Å². The summed E-state index contributed by atoms with van der Waals surface area (Å²) >= 11 is 0. The van der Waals surface area contributed by atoms with Gasteiger partial charge in [0.25, 0.3) is 0 Å². The van der Waals surface area contributed by atoms with Crippen molar-refractivity contribution in [3.8, 4) is 0 Å². The highest BCUT2D eigenvalue weighted by molar-refractivity contribution is 5.85. The van der Waals surface area contributed by atoms with Crippen LogP contribution >= 0.6 is 0 Å². The Labute approximate surface area is 210 Å². The molecule has 0 heterocycles. The van der Waals surface area contributed by atoms with Crippen LogP contribution in [0.1, 0.15) is 113 Å². The summed E-state index contributed by atoms with van der Waals surface area (Å²) in [5, 5.41) is 34.9. The summed E-state index contributed by atoms with van der Waals surface area (Å²) in [6, 6.07) is 0. The van der Waals surface area contributed by atoms with E-state index >= 15 is 0 Å². The second-order valence-corrected chi connectivity index (χ2v) is 14.8. The number of Topliss-reactive ketones (excluding diaryl/α,β-unsaturated/α-hetero) is 1. The van der Waals surface area contributed by atoms with Gasteiger partial charge in [0.2, 0.25) is 0 Å². The lowest BCUT2D eigenvalue weighted by atomic mass is 9.33. The fraction of sp³-hybridized carbons (Fsp3) is 0.867. The van der Waals surface area contributed by atoms with Crippen molar-refractivity contribution in [1.82, 2.24) is 0 Å². The zero-order chi connectivity index (χ0) is 26.0. The number of carbonyl (C=O) groups is 2. The molecule has 5 heteroatoms. The molecule has 0 aromatic carbocycles. The molecule has 0 radical (unpaired) electrons. The largest absolute Gasteiger partial charge is 0.481 e. The number of carboxylic acids is 1. The Morgan fingerprint density at radius 1 is 0.886 bits per heavy atom. The number of aliphatic hydroxyl groups excluding tert-OH is 1. The van der Waals surface area contributed by atoms with E-state index in [0.29, 0.717) is 31.5 Å². The zero-order valence-corrected chi connectivity index (χ0v) is 22.9. The molecular formula is C30H46O5. The van der Waals surface area contributed by atoms with E-state index in [0.717, 1.165) is 32.1 Å². The van der Waals surface area contributed by atoms with Crippen LogP contribution in [0, 0.1) is 38.4 Å². The SMILES string of the molecule is CC1(C(=O)O)CCC2(C)CCC3(C)C4=C(CC(O)C3(C)C2(O)C1)C1(C)CCC(=O)C(C)(C)C1CC4. The van der Waals surface area contributed by atoms with Gasteiger partial charge in [0, 0.05) is 17.3 Å². The van der Waals surface area contributed by atoms with Crippen LogP contribution in [0.5, 0.6) is 0 Å². The maximum atomic E-state index is 12.9. The van der Waals surface area contributed by atoms with Crippen LogP contribution in [0.2, 0.25) is 0 Å². The molecule has 0 aromatic rings. The Kier molecular flexibility index (Phi) is 5.10. The zero-order valence-electron chi connectivity index (χ0n) is 22.9. The molecule has 0 aliphatic heterocycles. The smallest absolute Gasteiger partial charge is 0.309 e. The van der Waals surface area contributed by atoms with E-state index in [2.05, 4.69) is 41.5 Å². The lowest BCUT2D eigenvalue weighted by molar-refractivity contribution is -0.297. The first kappa shape index (κ1) is 25.4. The third-order valence-electron chi connectivity index (χ3n) is 13.3. The molecule has 5 rings (SSSR count). The first-order valence-electron chi connectivity index (χ1n) is 13.8. The molecule has 0 aromatic heterocycles. The Balaban J connectivity index is 1.68. The van der Waals surface area contributed by atoms with Crippen molar-refractivity contribution < 1.29 is 24.9 Å². The summed E-state index contributed by atoms with van der Waals surface area (Å²) in [7, 11) is 0. The van der Waals surface area contributed by atoms with Gasteiger partial charge in [0.15, 0.2) is 0 Å². The highest BCUT2D eigenvalue weighted by atomic mass is 16.4. The molecule has 0 spiro atoms. The number of rotatable bonds is 1. The minimum atomic E-state index is -1.28. The van der Waals surface area contributed by atoms with E-state index in [1.165, 1.54) is 11.1 Å². The van der Waals surface area contributed by atoms with Crippen molar-refractivity contribution in [2.75, 3.05) is 0 Å². The van der Waals surface area contributed by atoms with E-state index in [1.807, 2.05) is 0 Å². The second-order valence-electron chi connectivity index (χ2n) is 14.8. The maximum absolute atomic E-state index is 12.9. The molecule has 3 saturated carbocycles. The molecule has 35 heavy (non-hydrogen) atoms. The minimum absolute atomic E-state index is 0.123. The van der Waals surface area contributed by atoms with Gasteiger partial charge in [-0.2, -0.15) is 0 Å². The molecule has 5 aliphatic carbocycles. The number of carbonyl (C=O) groups excluding carboxylic acids is 1. The Hall–Kier alpha value is -1.20. The molecule has 5 nitrogen and oxygen atoms in total. The average Bonchev–Trinajstić information content (AvgIpc) is 2.76. The number of aliphatic carboxylic acids is 1. The molecule has 8 unspecified atom stereocenters. The molecule has 5 aliphatic rings. The monoisotopic (exact) mass is 486 g/mol. The fourth-order valence-electron chi connectivity index (χ4n) is 10.3. The molecule has 0 saturated heterocycles. The third kappa shape index (κ3) is 2.73. The first-order valence-corrected chi connectivity index (χ1v) is 13.8. The van der Waals surface area contributed by atoms with Crippen molar-refractivity contribution in [2.24, 2.45) is 38.4 Å².